The lowest BCUT2D eigenvalue weighted by molar-refractivity contribution is 0.325. The number of aryl methyl sites for hydroxylation is 1. The van der Waals surface area contributed by atoms with Gasteiger partial charge in [-0.15, -0.1) is 6.58 Å². The van der Waals surface area contributed by atoms with Crippen molar-refractivity contribution in [3.63, 3.8) is 0 Å². The smallest absolute Gasteiger partial charge is 0.119 e. The van der Waals surface area contributed by atoms with Crippen molar-refractivity contribution in [1.29, 1.82) is 0 Å². The fourth-order valence-corrected chi connectivity index (χ4v) is 3.77. The Kier molecular flexibility index (Phi) is 6.71. The topological polar surface area (TPSA) is 9.23 Å². The van der Waals surface area contributed by atoms with Crippen LogP contribution in [0.3, 0.4) is 0 Å². The van der Waals surface area contributed by atoms with E-state index >= 15 is 0 Å². The summed E-state index contributed by atoms with van der Waals surface area (Å²) in [5.41, 5.74) is 5.65. The second kappa shape index (κ2) is 9.43. The zero-order valence-corrected chi connectivity index (χ0v) is 15.9. The third-order valence-corrected chi connectivity index (χ3v) is 5.29. The van der Waals surface area contributed by atoms with Gasteiger partial charge in [0, 0.05) is 0 Å². The average Bonchev–Trinajstić information content (AvgIpc) is 2.69. The molecule has 26 heavy (non-hydrogen) atoms. The summed E-state index contributed by atoms with van der Waals surface area (Å²) in [6, 6.07) is 15.5. The molecule has 2 aromatic rings. The molecule has 1 nitrogen and oxygen atoms in total. The first-order valence-corrected chi connectivity index (χ1v) is 9.87. The third-order valence-electron chi connectivity index (χ3n) is 5.29. The van der Waals surface area contributed by atoms with Crippen LogP contribution in [-0.4, -0.2) is 6.61 Å². The van der Waals surface area contributed by atoms with Gasteiger partial charge in [0.15, 0.2) is 0 Å². The highest BCUT2D eigenvalue weighted by Crippen LogP contribution is 2.32. The van der Waals surface area contributed by atoms with E-state index in [2.05, 4.69) is 61.2 Å². The van der Waals surface area contributed by atoms with E-state index in [1.54, 1.807) is 0 Å². The summed E-state index contributed by atoms with van der Waals surface area (Å²) in [6.45, 7) is 6.62. The number of hydrogen-bond acceptors (Lipinski definition) is 1. The molecule has 1 aliphatic carbocycles. The largest absolute Gasteiger partial charge is 0.493 e. The molecule has 0 aromatic heterocycles. The molecule has 3 rings (SSSR count). The Bertz CT molecular complexity index is 739. The van der Waals surface area contributed by atoms with Gasteiger partial charge >= 0.3 is 0 Å². The van der Waals surface area contributed by atoms with Crippen LogP contribution in [0.1, 0.15) is 43.7 Å². The molecule has 136 valence electrons. The fraction of sp³-hybridized carbons (Fsp3) is 0.360. The van der Waals surface area contributed by atoms with Crippen LogP contribution in [-0.2, 0) is 12.8 Å². The molecule has 0 N–H and O–H groups in total. The minimum Gasteiger partial charge on any atom is -0.493 e. The number of rotatable bonds is 8. The molecule has 1 heteroatoms. The van der Waals surface area contributed by atoms with Crippen molar-refractivity contribution in [2.75, 3.05) is 6.61 Å². The molecule has 0 spiro atoms. The van der Waals surface area contributed by atoms with E-state index in [-0.39, 0.29) is 0 Å². The van der Waals surface area contributed by atoms with Crippen LogP contribution in [0.5, 0.6) is 5.75 Å². The molecular weight excluding hydrogens is 316 g/mol. The zero-order valence-electron chi connectivity index (χ0n) is 15.9. The van der Waals surface area contributed by atoms with Gasteiger partial charge in [-0.2, -0.15) is 0 Å². The van der Waals surface area contributed by atoms with Crippen molar-refractivity contribution in [3.8, 4) is 16.9 Å². The van der Waals surface area contributed by atoms with Crippen molar-refractivity contribution in [2.24, 2.45) is 5.92 Å². The predicted molar refractivity (Wildman–Crippen MR) is 112 cm³/mol. The zero-order chi connectivity index (χ0) is 18.2. The number of ether oxygens (including phenoxy) is 1. The van der Waals surface area contributed by atoms with Gasteiger partial charge in [-0.1, -0.05) is 48.6 Å². The Morgan fingerprint density at radius 2 is 1.85 bits per heavy atom. The van der Waals surface area contributed by atoms with Gasteiger partial charge in [0.05, 0.1) is 6.61 Å². The van der Waals surface area contributed by atoms with Gasteiger partial charge in [0.1, 0.15) is 5.75 Å². The van der Waals surface area contributed by atoms with E-state index in [9.17, 15) is 0 Å². The Balaban J connectivity index is 1.64. The lowest BCUT2D eigenvalue weighted by atomic mass is 9.80. The van der Waals surface area contributed by atoms with E-state index in [0.29, 0.717) is 0 Å². The highest BCUT2D eigenvalue weighted by Gasteiger charge is 2.18. The van der Waals surface area contributed by atoms with Crippen LogP contribution in [0.15, 0.2) is 67.3 Å². The molecule has 0 fully saturated rings. The van der Waals surface area contributed by atoms with Gasteiger partial charge in [-0.3, -0.25) is 0 Å². The van der Waals surface area contributed by atoms with Gasteiger partial charge in [0.2, 0.25) is 0 Å². The summed E-state index contributed by atoms with van der Waals surface area (Å²) in [7, 11) is 0. The summed E-state index contributed by atoms with van der Waals surface area (Å²) in [6.07, 6.45) is 13.3. The Morgan fingerprint density at radius 3 is 2.62 bits per heavy atom. The van der Waals surface area contributed by atoms with Crippen LogP contribution >= 0.6 is 0 Å². The third kappa shape index (κ3) is 4.88. The molecule has 2 aromatic carbocycles. The summed E-state index contributed by atoms with van der Waals surface area (Å²) in [4.78, 5) is 0. The molecule has 0 bridgehead atoms. The molecular formula is C25H30O. The van der Waals surface area contributed by atoms with Crippen LogP contribution in [0.4, 0.5) is 0 Å². The SMILES string of the molecule is C=CCCC1CCc2cc(-c3ccc(OCC/C=C/C)cc3)ccc2C1. The standard InChI is InChI=1S/C25H30O/c1-3-5-7-17-26-25-15-13-21(14-16-25)23-12-11-22-18-20(8-6-4-2)9-10-24(22)19-23/h3-5,11-16,19-20H,2,6-10,17-18H2,1H3/b5-3+. The van der Waals surface area contributed by atoms with Crippen molar-refractivity contribution < 1.29 is 4.74 Å². The molecule has 1 unspecified atom stereocenters. The van der Waals surface area contributed by atoms with E-state index < -0.39 is 0 Å². The molecule has 0 saturated carbocycles. The van der Waals surface area contributed by atoms with Crippen LogP contribution in [0.25, 0.3) is 11.1 Å². The van der Waals surface area contributed by atoms with Crippen molar-refractivity contribution in [2.45, 2.75) is 45.4 Å². The van der Waals surface area contributed by atoms with Crippen LogP contribution in [0, 0.1) is 5.92 Å². The van der Waals surface area contributed by atoms with Gasteiger partial charge < -0.3 is 4.74 Å². The molecule has 0 saturated heterocycles. The lowest BCUT2D eigenvalue weighted by Gasteiger charge is -2.25. The average molecular weight is 347 g/mol. The monoisotopic (exact) mass is 346 g/mol. The van der Waals surface area contributed by atoms with Gasteiger partial charge in [-0.25, -0.2) is 0 Å². The minimum atomic E-state index is 0.732. The van der Waals surface area contributed by atoms with E-state index in [1.165, 1.54) is 47.9 Å². The first-order chi connectivity index (χ1) is 12.8. The van der Waals surface area contributed by atoms with E-state index in [1.807, 2.05) is 13.0 Å². The Morgan fingerprint density at radius 1 is 1.04 bits per heavy atom. The fourth-order valence-electron chi connectivity index (χ4n) is 3.77. The molecule has 0 radical (unpaired) electrons. The molecule has 1 aliphatic rings. The lowest BCUT2D eigenvalue weighted by Crippen LogP contribution is -2.14. The maximum atomic E-state index is 5.78. The first kappa shape index (κ1) is 18.5. The van der Waals surface area contributed by atoms with Gasteiger partial charge in [0.25, 0.3) is 0 Å². The summed E-state index contributed by atoms with van der Waals surface area (Å²) >= 11 is 0. The molecule has 0 amide bonds. The van der Waals surface area contributed by atoms with Crippen molar-refractivity contribution in [1.82, 2.24) is 0 Å². The molecule has 1 atom stereocenters. The number of fused-ring (bicyclic) bond motifs is 1. The second-order valence-electron chi connectivity index (χ2n) is 7.19. The maximum absolute atomic E-state index is 5.78. The minimum absolute atomic E-state index is 0.732. The Labute approximate surface area is 158 Å². The Hall–Kier alpha value is -2.28. The summed E-state index contributed by atoms with van der Waals surface area (Å²) in [5.74, 6) is 1.77. The number of allylic oxidation sites excluding steroid dienone is 2. The van der Waals surface area contributed by atoms with Crippen molar-refractivity contribution >= 4 is 0 Å². The van der Waals surface area contributed by atoms with Crippen molar-refractivity contribution in [3.05, 3.63) is 78.4 Å². The highest BCUT2D eigenvalue weighted by atomic mass is 16.5. The van der Waals surface area contributed by atoms with E-state index in [4.69, 9.17) is 4.74 Å². The van der Waals surface area contributed by atoms with Crippen LogP contribution in [0.2, 0.25) is 0 Å². The summed E-state index contributed by atoms with van der Waals surface area (Å²) < 4.78 is 5.78. The first-order valence-electron chi connectivity index (χ1n) is 9.87. The molecule has 0 heterocycles. The van der Waals surface area contributed by atoms with Crippen LogP contribution < -0.4 is 4.74 Å². The second-order valence-corrected chi connectivity index (χ2v) is 7.19. The predicted octanol–water partition coefficient (Wildman–Crippen LogP) is 6.77. The summed E-state index contributed by atoms with van der Waals surface area (Å²) in [5, 5.41) is 0. The maximum Gasteiger partial charge on any atom is 0.119 e. The quantitative estimate of drug-likeness (QED) is 0.378. The number of hydrogen-bond donors (Lipinski definition) is 0. The normalized spacial score (nSPS) is 16.4. The number of benzene rings is 2. The van der Waals surface area contributed by atoms with Gasteiger partial charge in [-0.05, 0) is 85.8 Å². The molecule has 0 aliphatic heterocycles. The van der Waals surface area contributed by atoms with E-state index in [0.717, 1.165) is 31.1 Å². The highest BCUT2D eigenvalue weighted by molar-refractivity contribution is 5.66.